The molecule has 0 saturated heterocycles. The van der Waals surface area contributed by atoms with Crippen molar-refractivity contribution in [3.8, 4) is 0 Å². The normalized spacial score (nSPS) is 12.8. The van der Waals surface area contributed by atoms with Gasteiger partial charge in [0.05, 0.1) is 12.8 Å². The van der Waals surface area contributed by atoms with E-state index >= 15 is 0 Å². The van der Waals surface area contributed by atoms with Crippen molar-refractivity contribution in [1.82, 2.24) is 9.62 Å². The number of hydrogen-bond donors (Lipinski definition) is 1. The van der Waals surface area contributed by atoms with Crippen molar-refractivity contribution in [3.63, 3.8) is 0 Å². The predicted molar refractivity (Wildman–Crippen MR) is 105 cm³/mol. The Morgan fingerprint density at radius 1 is 1.12 bits per heavy atom. The average Bonchev–Trinajstić information content (AvgIpc) is 2.61. The molecule has 0 aromatic heterocycles. The van der Waals surface area contributed by atoms with Crippen molar-refractivity contribution in [2.24, 2.45) is 0 Å². The fourth-order valence-electron chi connectivity index (χ4n) is 2.49. The summed E-state index contributed by atoms with van der Waals surface area (Å²) in [5, 5.41) is 3.28. The number of amides is 1. The van der Waals surface area contributed by atoms with Crippen molar-refractivity contribution in [3.05, 3.63) is 70.7 Å². The molecule has 2 rings (SSSR count). The largest absolute Gasteiger partial charge is 0.354 e. The Labute approximate surface area is 160 Å². The van der Waals surface area contributed by atoms with Crippen LogP contribution in [0.25, 0.3) is 0 Å². The molecule has 1 amide bonds. The molecule has 2 aromatic rings. The molecule has 5 nitrogen and oxygen atoms in total. The van der Waals surface area contributed by atoms with Crippen LogP contribution < -0.4 is 5.32 Å². The minimum absolute atomic E-state index is 0.0557. The second-order valence-electron chi connectivity index (χ2n) is 6.24. The number of carbonyl (C=O) groups excluding carboxylic acids is 1. The summed E-state index contributed by atoms with van der Waals surface area (Å²) in [5.41, 5.74) is 1.77. The van der Waals surface area contributed by atoms with Gasteiger partial charge in [-0.05, 0) is 23.1 Å². The van der Waals surface area contributed by atoms with E-state index in [-0.39, 0.29) is 24.9 Å². The molecule has 0 fully saturated rings. The minimum atomic E-state index is -3.55. The summed E-state index contributed by atoms with van der Waals surface area (Å²) in [6.45, 7) is 2.26. The van der Waals surface area contributed by atoms with E-state index < -0.39 is 10.0 Å². The predicted octanol–water partition coefficient (Wildman–Crippen LogP) is 3.02. The van der Waals surface area contributed by atoms with Gasteiger partial charge < -0.3 is 5.32 Å². The molecule has 2 aromatic carbocycles. The molecule has 140 valence electrons. The maximum atomic E-state index is 12.3. The summed E-state index contributed by atoms with van der Waals surface area (Å²) in [6, 6.07) is 16.8. The topological polar surface area (TPSA) is 66.5 Å². The highest BCUT2D eigenvalue weighted by Gasteiger charge is 2.21. The molecule has 7 heteroatoms. The summed E-state index contributed by atoms with van der Waals surface area (Å²) >= 11 is 6.10. The zero-order valence-electron chi connectivity index (χ0n) is 14.9. The summed E-state index contributed by atoms with van der Waals surface area (Å²) < 4.78 is 25.2. The van der Waals surface area contributed by atoms with Crippen LogP contribution in [0.3, 0.4) is 0 Å². The third-order valence-corrected chi connectivity index (χ3v) is 5.63. The van der Waals surface area contributed by atoms with Gasteiger partial charge in [0.25, 0.3) is 0 Å². The fraction of sp³-hybridized carbons (Fsp3) is 0.316. The molecule has 26 heavy (non-hydrogen) atoms. The van der Waals surface area contributed by atoms with Gasteiger partial charge in [0, 0.05) is 18.1 Å². The number of halogens is 1. The first-order valence-corrected chi connectivity index (χ1v) is 10.5. The first-order valence-electron chi connectivity index (χ1n) is 8.27. The van der Waals surface area contributed by atoms with Crippen molar-refractivity contribution in [2.45, 2.75) is 19.4 Å². The van der Waals surface area contributed by atoms with Crippen LogP contribution in [0.1, 0.15) is 24.0 Å². The molecule has 0 spiro atoms. The van der Waals surface area contributed by atoms with Crippen molar-refractivity contribution < 1.29 is 13.2 Å². The lowest BCUT2D eigenvalue weighted by Crippen LogP contribution is -2.40. The highest BCUT2D eigenvalue weighted by Crippen LogP contribution is 2.18. The SMILES string of the molecule is C[C@@H](CNC(=O)CN(Cc1ccccc1Cl)S(C)(=O)=O)c1ccccc1. The maximum Gasteiger partial charge on any atom is 0.235 e. The maximum absolute atomic E-state index is 12.3. The van der Waals surface area contributed by atoms with E-state index in [0.717, 1.165) is 16.1 Å². The zero-order valence-corrected chi connectivity index (χ0v) is 16.4. The van der Waals surface area contributed by atoms with Gasteiger partial charge in [-0.3, -0.25) is 4.79 Å². The molecule has 0 radical (unpaired) electrons. The monoisotopic (exact) mass is 394 g/mol. The highest BCUT2D eigenvalue weighted by atomic mass is 35.5. The molecule has 0 heterocycles. The van der Waals surface area contributed by atoms with E-state index in [9.17, 15) is 13.2 Å². The number of benzene rings is 2. The van der Waals surface area contributed by atoms with Crippen LogP contribution in [0.2, 0.25) is 5.02 Å². The molecule has 0 aliphatic carbocycles. The number of nitrogens with one attached hydrogen (secondary N) is 1. The third kappa shape index (κ3) is 6.12. The van der Waals surface area contributed by atoms with Crippen LogP contribution >= 0.6 is 11.6 Å². The van der Waals surface area contributed by atoms with Crippen LogP contribution in [0.5, 0.6) is 0 Å². The smallest absolute Gasteiger partial charge is 0.235 e. The van der Waals surface area contributed by atoms with E-state index in [0.29, 0.717) is 17.1 Å². The minimum Gasteiger partial charge on any atom is -0.354 e. The van der Waals surface area contributed by atoms with Crippen molar-refractivity contribution >= 4 is 27.5 Å². The number of rotatable bonds is 8. The third-order valence-electron chi connectivity index (χ3n) is 4.07. The quantitative estimate of drug-likeness (QED) is 0.748. The van der Waals surface area contributed by atoms with Gasteiger partial charge in [0.15, 0.2) is 0 Å². The van der Waals surface area contributed by atoms with Crippen molar-refractivity contribution in [2.75, 3.05) is 19.3 Å². The first-order chi connectivity index (χ1) is 12.3. The Kier molecular flexibility index (Phi) is 7.20. The van der Waals surface area contributed by atoms with Gasteiger partial charge in [0.2, 0.25) is 15.9 Å². The van der Waals surface area contributed by atoms with Gasteiger partial charge in [-0.15, -0.1) is 0 Å². The van der Waals surface area contributed by atoms with Crippen LogP contribution in [-0.2, 0) is 21.4 Å². The summed E-state index contributed by atoms with van der Waals surface area (Å²) in [5.74, 6) is -0.208. The lowest BCUT2D eigenvalue weighted by atomic mass is 10.0. The Bertz CT molecular complexity index is 841. The van der Waals surface area contributed by atoms with E-state index in [1.807, 2.05) is 37.3 Å². The lowest BCUT2D eigenvalue weighted by Gasteiger charge is -2.21. The molecule has 0 aliphatic heterocycles. The first kappa shape index (κ1) is 20.4. The standard InChI is InChI=1S/C19H23ClN2O3S/c1-15(16-8-4-3-5-9-16)12-21-19(23)14-22(26(2,24)25)13-17-10-6-7-11-18(17)20/h3-11,15H,12-14H2,1-2H3,(H,21,23)/t15-/m0/s1. The van der Waals surface area contributed by atoms with Crippen LogP contribution in [0.4, 0.5) is 0 Å². The second kappa shape index (κ2) is 9.16. The Balaban J connectivity index is 1.98. The van der Waals surface area contributed by atoms with Gasteiger partial charge >= 0.3 is 0 Å². The molecule has 0 saturated carbocycles. The van der Waals surface area contributed by atoms with Crippen molar-refractivity contribution in [1.29, 1.82) is 0 Å². The number of hydrogen-bond acceptors (Lipinski definition) is 3. The Morgan fingerprint density at radius 2 is 1.73 bits per heavy atom. The molecule has 1 N–H and O–H groups in total. The van der Waals surface area contributed by atoms with Gasteiger partial charge in [0.1, 0.15) is 0 Å². The number of nitrogens with zero attached hydrogens (tertiary/aromatic N) is 1. The Morgan fingerprint density at radius 3 is 2.35 bits per heavy atom. The van der Waals surface area contributed by atoms with E-state index in [1.54, 1.807) is 24.3 Å². The van der Waals surface area contributed by atoms with Gasteiger partial charge in [-0.25, -0.2) is 8.42 Å². The highest BCUT2D eigenvalue weighted by molar-refractivity contribution is 7.88. The summed E-state index contributed by atoms with van der Waals surface area (Å²) in [4.78, 5) is 12.3. The number of carbonyl (C=O) groups is 1. The second-order valence-corrected chi connectivity index (χ2v) is 8.63. The van der Waals surface area contributed by atoms with Crippen LogP contribution in [-0.4, -0.2) is 38.0 Å². The van der Waals surface area contributed by atoms with Crippen LogP contribution in [0.15, 0.2) is 54.6 Å². The van der Waals surface area contributed by atoms with E-state index in [4.69, 9.17) is 11.6 Å². The van der Waals surface area contributed by atoms with Gasteiger partial charge in [-0.2, -0.15) is 4.31 Å². The zero-order chi connectivity index (χ0) is 19.2. The summed E-state index contributed by atoms with van der Waals surface area (Å²) in [6.07, 6.45) is 1.09. The van der Waals surface area contributed by atoms with E-state index in [2.05, 4.69) is 5.32 Å². The van der Waals surface area contributed by atoms with Crippen LogP contribution in [0, 0.1) is 0 Å². The lowest BCUT2D eigenvalue weighted by molar-refractivity contribution is -0.121. The fourth-order valence-corrected chi connectivity index (χ4v) is 3.41. The number of sulfonamides is 1. The molecular weight excluding hydrogens is 372 g/mol. The molecular formula is C19H23ClN2O3S. The molecule has 0 unspecified atom stereocenters. The van der Waals surface area contributed by atoms with E-state index in [1.165, 1.54) is 0 Å². The molecule has 1 atom stereocenters. The molecule has 0 bridgehead atoms. The molecule has 0 aliphatic rings. The summed E-state index contributed by atoms with van der Waals surface area (Å²) in [7, 11) is -3.55. The average molecular weight is 395 g/mol. The Hall–Kier alpha value is -1.89. The van der Waals surface area contributed by atoms with Gasteiger partial charge in [-0.1, -0.05) is 67.1 Å².